The number of hydrogen-bond acceptors (Lipinski definition) is 1. The summed E-state index contributed by atoms with van der Waals surface area (Å²) in [5.74, 6) is 0.874. The fraction of sp³-hybridized carbons (Fsp3) is 0.0476. The van der Waals surface area contributed by atoms with Crippen molar-refractivity contribution in [2.45, 2.75) is 19.9 Å². The molecule has 12 rings (SSSR count). The maximum Gasteiger partial charge on any atom is 0.191 e. The van der Waals surface area contributed by atoms with Gasteiger partial charge >= 0.3 is 0 Å². The summed E-state index contributed by atoms with van der Waals surface area (Å²) >= 11 is 0. The molecule has 0 amide bonds. The average molecular weight is 890 g/mol. The minimum atomic E-state index is -3.04. The van der Waals surface area contributed by atoms with Gasteiger partial charge in [0.2, 0.25) is 0 Å². The van der Waals surface area contributed by atoms with Crippen molar-refractivity contribution in [1.29, 1.82) is 0 Å². The number of pyridine rings is 1. The van der Waals surface area contributed by atoms with Crippen molar-refractivity contribution >= 4 is 61.7 Å². The lowest BCUT2D eigenvalue weighted by Crippen LogP contribution is -2.74. The van der Waals surface area contributed by atoms with Crippen molar-refractivity contribution < 1.29 is 0 Å². The van der Waals surface area contributed by atoms with E-state index in [4.69, 9.17) is 4.98 Å². The highest BCUT2D eigenvalue weighted by atomic mass is 28.3. The van der Waals surface area contributed by atoms with Crippen LogP contribution in [0.1, 0.15) is 19.9 Å². The minimum Gasteiger partial charge on any atom is -0.294 e. The number of nitrogens with zero attached hydrogens (tertiary/aromatic N) is 4. The topological polar surface area (TPSA) is 27.7 Å². The molecular weight excluding hydrogens is 841 g/mol. The van der Waals surface area contributed by atoms with Gasteiger partial charge in [-0.15, -0.1) is 0 Å². The second kappa shape index (κ2) is 17.1. The predicted octanol–water partition coefficient (Wildman–Crippen LogP) is 13.2. The number of aromatic nitrogens is 4. The van der Waals surface area contributed by atoms with Gasteiger partial charge in [0.1, 0.15) is 11.5 Å². The zero-order valence-corrected chi connectivity index (χ0v) is 39.1. The summed E-state index contributed by atoms with van der Waals surface area (Å²) in [7, 11) is -3.04. The molecule has 0 aliphatic carbocycles. The van der Waals surface area contributed by atoms with Crippen LogP contribution < -0.4 is 20.7 Å². The summed E-state index contributed by atoms with van der Waals surface area (Å²) in [6.07, 6.45) is 4.26. The Balaban J connectivity index is 1.12. The molecule has 0 saturated heterocycles. The molecule has 0 saturated carbocycles. The van der Waals surface area contributed by atoms with Gasteiger partial charge in [0.05, 0.1) is 17.1 Å². The van der Waals surface area contributed by atoms with Crippen molar-refractivity contribution in [3.8, 4) is 44.9 Å². The van der Waals surface area contributed by atoms with Crippen LogP contribution in [0.15, 0.2) is 255 Å². The maximum atomic E-state index is 5.23. The van der Waals surface area contributed by atoms with E-state index in [-0.39, 0.29) is 0 Å². The highest BCUT2D eigenvalue weighted by Gasteiger charge is 2.42. The number of para-hydroxylation sites is 3. The molecule has 5 heteroatoms. The lowest BCUT2D eigenvalue weighted by molar-refractivity contribution is 0.612. The molecule has 0 unspecified atom stereocenters. The van der Waals surface area contributed by atoms with E-state index in [1.54, 1.807) is 0 Å². The van der Waals surface area contributed by atoms with Gasteiger partial charge in [-0.05, 0) is 104 Å². The molecule has 0 bridgehead atoms. The molecule has 0 spiro atoms. The van der Waals surface area contributed by atoms with E-state index in [2.05, 4.69) is 277 Å². The second-order valence-electron chi connectivity index (χ2n) is 18.0. The van der Waals surface area contributed by atoms with E-state index < -0.39 is 8.07 Å². The Bertz CT molecular complexity index is 3670. The van der Waals surface area contributed by atoms with Crippen LogP contribution in [0.2, 0.25) is 0 Å². The van der Waals surface area contributed by atoms with Crippen molar-refractivity contribution in [1.82, 2.24) is 18.7 Å². The number of hydrogen-bond donors (Lipinski definition) is 0. The summed E-state index contributed by atoms with van der Waals surface area (Å²) in [4.78, 5) is 5.23. The molecule has 0 fully saturated rings. The summed E-state index contributed by atoms with van der Waals surface area (Å²) in [5, 5.41) is 7.66. The Kier molecular flexibility index (Phi) is 10.3. The first-order valence-corrected chi connectivity index (χ1v) is 25.6. The van der Waals surface area contributed by atoms with E-state index >= 15 is 0 Å². The third kappa shape index (κ3) is 6.82. The van der Waals surface area contributed by atoms with Gasteiger partial charge in [-0.1, -0.05) is 182 Å². The third-order valence-corrected chi connectivity index (χ3v) is 18.5. The van der Waals surface area contributed by atoms with Crippen LogP contribution in [-0.2, 0) is 0 Å². The number of fused-ring (bicyclic) bond motifs is 4. The summed E-state index contributed by atoms with van der Waals surface area (Å²) in [6.45, 7) is 4.51. The second-order valence-corrected chi connectivity index (χ2v) is 21.8. The van der Waals surface area contributed by atoms with Crippen LogP contribution in [0.25, 0.3) is 77.7 Å². The zero-order valence-electron chi connectivity index (χ0n) is 38.1. The molecule has 9 aromatic carbocycles. The molecule has 0 aliphatic rings. The Hall–Kier alpha value is -8.38. The Morgan fingerprint density at radius 3 is 1.59 bits per heavy atom. The van der Waals surface area contributed by atoms with E-state index in [1.165, 1.54) is 70.4 Å². The normalized spacial score (nSPS) is 11.8. The molecule has 0 N–H and O–H groups in total. The fourth-order valence-electron chi connectivity index (χ4n) is 10.7. The monoisotopic (exact) mass is 889 g/mol. The Morgan fingerprint density at radius 1 is 0.412 bits per heavy atom. The van der Waals surface area contributed by atoms with Gasteiger partial charge in [0.25, 0.3) is 0 Å². The van der Waals surface area contributed by atoms with Gasteiger partial charge in [0, 0.05) is 41.2 Å². The van der Waals surface area contributed by atoms with Crippen molar-refractivity contribution in [3.05, 3.63) is 255 Å². The van der Waals surface area contributed by atoms with Crippen LogP contribution in [0, 0.1) is 0 Å². The first-order chi connectivity index (χ1) is 33.6. The number of imidazole rings is 1. The Labute approximate surface area is 398 Å². The quantitative estimate of drug-likeness (QED) is 0.0764. The molecule has 68 heavy (non-hydrogen) atoms. The summed E-state index contributed by atoms with van der Waals surface area (Å²) in [5.41, 5.74) is 12.8. The molecule has 0 radical (unpaired) electrons. The molecule has 324 valence electrons. The van der Waals surface area contributed by atoms with Gasteiger partial charge in [-0.25, -0.2) is 9.55 Å². The van der Waals surface area contributed by atoms with E-state index in [9.17, 15) is 0 Å². The average Bonchev–Trinajstić information content (AvgIpc) is 3.97. The van der Waals surface area contributed by atoms with E-state index in [0.29, 0.717) is 6.04 Å². The highest BCUT2D eigenvalue weighted by molar-refractivity contribution is 7.20. The minimum absolute atomic E-state index is 0.310. The van der Waals surface area contributed by atoms with Crippen LogP contribution in [0.4, 0.5) is 0 Å². The summed E-state index contributed by atoms with van der Waals surface area (Å²) in [6, 6.07) is 89.6. The lowest BCUT2D eigenvalue weighted by atomic mass is 9.88. The molecular formula is C63H49N4Si+. The van der Waals surface area contributed by atoms with Gasteiger partial charge < -0.3 is 0 Å². The molecule has 0 atom stereocenters. The van der Waals surface area contributed by atoms with Crippen molar-refractivity contribution in [3.63, 3.8) is 0 Å². The van der Waals surface area contributed by atoms with Gasteiger partial charge in [0.15, 0.2) is 25.4 Å². The predicted molar refractivity (Wildman–Crippen MR) is 288 cm³/mol. The van der Waals surface area contributed by atoms with Crippen LogP contribution in [0.3, 0.4) is 0 Å². The van der Waals surface area contributed by atoms with Crippen LogP contribution >= 0.6 is 0 Å². The molecule has 4 nitrogen and oxygen atoms in total. The molecule has 0 aliphatic heterocycles. The third-order valence-electron chi connectivity index (χ3n) is 13.8. The SMILES string of the molecule is CC(C)n1[cH+]n(-c2cccc([Si](c3ccccc3)(c3ccccc3)c3ccc4c5ccccc5n(-c5cc(-c6c(-c7ccccc7)cccc6-c6ccccc6)ccn5)c4c3)c2)c2ccccc21. The van der Waals surface area contributed by atoms with Crippen molar-refractivity contribution in [2.75, 3.05) is 0 Å². The molecule has 3 heterocycles. The fourth-order valence-corrected chi connectivity index (χ4v) is 15.5. The molecule has 12 aromatic rings. The first-order valence-electron chi connectivity index (χ1n) is 23.6. The highest BCUT2D eigenvalue weighted by Crippen LogP contribution is 2.41. The van der Waals surface area contributed by atoms with Gasteiger partial charge in [-0.3, -0.25) is 4.57 Å². The smallest absolute Gasteiger partial charge is 0.191 e. The number of rotatable bonds is 10. The largest absolute Gasteiger partial charge is 0.294 e. The van der Waals surface area contributed by atoms with Crippen molar-refractivity contribution in [2.24, 2.45) is 0 Å². The first kappa shape index (κ1) is 41.1. The van der Waals surface area contributed by atoms with Crippen LogP contribution in [0.5, 0.6) is 0 Å². The van der Waals surface area contributed by atoms with E-state index in [0.717, 1.165) is 28.1 Å². The summed E-state index contributed by atoms with van der Waals surface area (Å²) < 4.78 is 7.14. The zero-order chi connectivity index (χ0) is 45.6. The Morgan fingerprint density at radius 2 is 0.941 bits per heavy atom. The molecule has 3 aromatic heterocycles. The lowest BCUT2D eigenvalue weighted by Gasteiger charge is -2.34. The standard InChI is InChI=1S/C63H49N4Si/c1-45(2)65-44-66(60-36-18-17-35-59(60)65)49-25-19-30-52(42-49)68(50-26-11-5-12-27-50,51-28-13-6-14-29-51)53-37-38-57-56-31-15-16-34-58(56)67(61(57)43-53)62-41-48(39-40-64-62)63-54(46-21-7-3-8-22-46)32-20-33-55(63)47-23-9-4-10-24-47/h3-45H,1-2H3/q+1. The van der Waals surface area contributed by atoms with E-state index in [1.807, 2.05) is 6.20 Å². The maximum absolute atomic E-state index is 5.23. The van der Waals surface area contributed by atoms with Crippen LogP contribution in [-0.4, -0.2) is 26.8 Å². The van der Waals surface area contributed by atoms with Gasteiger partial charge in [-0.2, -0.15) is 4.57 Å². The number of benzene rings is 9.